The second kappa shape index (κ2) is 7.51. The summed E-state index contributed by atoms with van der Waals surface area (Å²) < 4.78 is 5.23. The molecule has 0 aliphatic carbocycles. The van der Waals surface area contributed by atoms with Gasteiger partial charge in [0.15, 0.2) is 6.61 Å². The van der Waals surface area contributed by atoms with Crippen LogP contribution in [0.4, 0.5) is 0 Å². The summed E-state index contributed by atoms with van der Waals surface area (Å²) in [5.41, 5.74) is 1.89. The highest BCUT2D eigenvalue weighted by Crippen LogP contribution is 2.20. The number of ether oxygens (including phenoxy) is 1. The quantitative estimate of drug-likeness (QED) is 0.858. The number of amides is 1. The number of fused-ring (bicyclic) bond motifs is 1. The summed E-state index contributed by atoms with van der Waals surface area (Å²) in [6.07, 6.45) is 6.20. The lowest BCUT2D eigenvalue weighted by atomic mass is 10.00. The Kier molecular flexibility index (Phi) is 5.18. The number of nitrogens with one attached hydrogen (secondary N) is 1. The second-order valence-electron chi connectivity index (χ2n) is 6.34. The number of hydrogen-bond acceptors (Lipinski definition) is 3. The van der Waals surface area contributed by atoms with Gasteiger partial charge in [0, 0.05) is 29.7 Å². The van der Waals surface area contributed by atoms with Gasteiger partial charge in [-0.25, -0.2) is 0 Å². The van der Waals surface area contributed by atoms with E-state index in [1.54, 1.807) is 0 Å². The molecule has 5 heteroatoms. The third-order valence-electron chi connectivity index (χ3n) is 4.79. The number of para-hydroxylation sites is 1. The Morgan fingerprint density at radius 1 is 1.29 bits per heavy atom. The normalized spacial score (nSPS) is 17.9. The minimum absolute atomic E-state index is 0.0752. The number of H-pyrrole nitrogens is 1. The summed E-state index contributed by atoms with van der Waals surface area (Å²) in [6, 6.07) is 8.12. The van der Waals surface area contributed by atoms with Gasteiger partial charge in [-0.3, -0.25) is 9.59 Å². The van der Waals surface area contributed by atoms with Crippen molar-refractivity contribution in [3.05, 3.63) is 36.0 Å². The summed E-state index contributed by atoms with van der Waals surface area (Å²) in [6.45, 7) is 2.72. The number of piperidine rings is 1. The van der Waals surface area contributed by atoms with Gasteiger partial charge in [0.1, 0.15) is 0 Å². The number of nitrogens with zero attached hydrogens (tertiary/aromatic N) is 1. The highest BCUT2D eigenvalue weighted by atomic mass is 16.5. The molecule has 1 amide bonds. The van der Waals surface area contributed by atoms with Crippen molar-refractivity contribution in [3.63, 3.8) is 0 Å². The van der Waals surface area contributed by atoms with Crippen LogP contribution in [0.1, 0.15) is 38.2 Å². The van der Waals surface area contributed by atoms with Crippen molar-refractivity contribution in [2.75, 3.05) is 13.2 Å². The number of esters is 1. The van der Waals surface area contributed by atoms with Crippen molar-refractivity contribution in [2.45, 2.75) is 45.1 Å². The van der Waals surface area contributed by atoms with Crippen LogP contribution < -0.4 is 0 Å². The number of hydrogen-bond donors (Lipinski definition) is 1. The molecule has 1 aliphatic heterocycles. The molecule has 1 aromatic heterocycles. The van der Waals surface area contributed by atoms with Crippen molar-refractivity contribution in [1.29, 1.82) is 0 Å². The molecule has 128 valence electrons. The fourth-order valence-corrected chi connectivity index (χ4v) is 3.46. The Morgan fingerprint density at radius 3 is 2.96 bits per heavy atom. The van der Waals surface area contributed by atoms with E-state index in [2.05, 4.69) is 11.9 Å². The molecule has 1 fully saturated rings. The van der Waals surface area contributed by atoms with Crippen molar-refractivity contribution >= 4 is 22.8 Å². The van der Waals surface area contributed by atoms with E-state index in [0.717, 1.165) is 42.3 Å². The van der Waals surface area contributed by atoms with E-state index < -0.39 is 0 Å². The Labute approximate surface area is 142 Å². The van der Waals surface area contributed by atoms with E-state index in [-0.39, 0.29) is 24.9 Å². The number of rotatable bonds is 5. The van der Waals surface area contributed by atoms with Crippen LogP contribution in [0.5, 0.6) is 0 Å². The van der Waals surface area contributed by atoms with Gasteiger partial charge in [0.05, 0.1) is 6.42 Å². The molecule has 1 atom stereocenters. The van der Waals surface area contributed by atoms with Crippen LogP contribution in [0.2, 0.25) is 0 Å². The topological polar surface area (TPSA) is 62.4 Å². The maximum absolute atomic E-state index is 12.3. The third-order valence-corrected chi connectivity index (χ3v) is 4.79. The average Bonchev–Trinajstić information content (AvgIpc) is 3.02. The Hall–Kier alpha value is -2.30. The van der Waals surface area contributed by atoms with Gasteiger partial charge in [-0.2, -0.15) is 0 Å². The number of aromatic nitrogens is 1. The molecule has 0 radical (unpaired) electrons. The van der Waals surface area contributed by atoms with E-state index in [9.17, 15) is 9.59 Å². The molecule has 24 heavy (non-hydrogen) atoms. The standard InChI is InChI=1S/C19H24N2O3/c1-2-15-7-5-6-10-21(15)18(22)13-24-19(23)11-14-12-20-17-9-4-3-8-16(14)17/h3-4,8-9,12,15,20H,2,5-7,10-11,13H2,1H3/t15-/m1/s1. The van der Waals surface area contributed by atoms with E-state index in [4.69, 9.17) is 4.74 Å². The maximum Gasteiger partial charge on any atom is 0.310 e. The van der Waals surface area contributed by atoms with Gasteiger partial charge in [-0.15, -0.1) is 0 Å². The molecule has 1 aromatic carbocycles. The molecule has 0 spiro atoms. The van der Waals surface area contributed by atoms with Gasteiger partial charge in [-0.05, 0) is 37.3 Å². The molecule has 1 saturated heterocycles. The molecule has 5 nitrogen and oxygen atoms in total. The van der Waals surface area contributed by atoms with Crippen molar-refractivity contribution in [1.82, 2.24) is 9.88 Å². The molecular formula is C19H24N2O3. The van der Waals surface area contributed by atoms with E-state index >= 15 is 0 Å². The zero-order chi connectivity index (χ0) is 16.9. The number of benzene rings is 1. The van der Waals surface area contributed by atoms with Gasteiger partial charge in [0.2, 0.25) is 0 Å². The van der Waals surface area contributed by atoms with Crippen LogP contribution in [0, 0.1) is 0 Å². The van der Waals surface area contributed by atoms with E-state index in [1.807, 2.05) is 35.4 Å². The molecule has 0 unspecified atom stereocenters. The maximum atomic E-state index is 12.3. The summed E-state index contributed by atoms with van der Waals surface area (Å²) in [5.74, 6) is -0.438. The molecule has 0 bridgehead atoms. The second-order valence-corrected chi connectivity index (χ2v) is 6.34. The van der Waals surface area contributed by atoms with Crippen LogP contribution >= 0.6 is 0 Å². The molecule has 0 saturated carbocycles. The van der Waals surface area contributed by atoms with E-state index in [0.29, 0.717) is 6.04 Å². The van der Waals surface area contributed by atoms with Gasteiger partial charge in [0.25, 0.3) is 5.91 Å². The average molecular weight is 328 g/mol. The number of aromatic amines is 1. The summed E-state index contributed by atoms with van der Waals surface area (Å²) >= 11 is 0. The Bertz CT molecular complexity index is 722. The summed E-state index contributed by atoms with van der Waals surface area (Å²) in [5, 5.41) is 1.02. The fourth-order valence-electron chi connectivity index (χ4n) is 3.46. The van der Waals surface area contributed by atoms with Gasteiger partial charge in [-0.1, -0.05) is 25.1 Å². The van der Waals surface area contributed by atoms with Crippen molar-refractivity contribution in [3.8, 4) is 0 Å². The highest BCUT2D eigenvalue weighted by molar-refractivity contribution is 5.88. The lowest BCUT2D eigenvalue weighted by molar-refractivity contribution is -0.153. The smallest absolute Gasteiger partial charge is 0.310 e. The van der Waals surface area contributed by atoms with Crippen LogP contribution in [0.25, 0.3) is 10.9 Å². The minimum atomic E-state index is -0.363. The van der Waals surface area contributed by atoms with Crippen LogP contribution in [0.15, 0.2) is 30.5 Å². The van der Waals surface area contributed by atoms with E-state index in [1.165, 1.54) is 6.42 Å². The van der Waals surface area contributed by atoms with Gasteiger partial charge < -0.3 is 14.6 Å². The van der Waals surface area contributed by atoms with Gasteiger partial charge >= 0.3 is 5.97 Å². The first-order valence-corrected chi connectivity index (χ1v) is 8.69. The predicted octanol–water partition coefficient (Wildman–Crippen LogP) is 3.04. The zero-order valence-corrected chi connectivity index (χ0v) is 14.1. The lowest BCUT2D eigenvalue weighted by Crippen LogP contribution is -2.45. The molecule has 1 N–H and O–H groups in total. The predicted molar refractivity (Wildman–Crippen MR) is 92.6 cm³/mol. The highest BCUT2D eigenvalue weighted by Gasteiger charge is 2.25. The third kappa shape index (κ3) is 3.61. The molecule has 3 rings (SSSR count). The van der Waals surface area contributed by atoms with Crippen molar-refractivity contribution in [2.24, 2.45) is 0 Å². The van der Waals surface area contributed by atoms with Crippen molar-refractivity contribution < 1.29 is 14.3 Å². The molecule has 2 heterocycles. The monoisotopic (exact) mass is 328 g/mol. The van der Waals surface area contributed by atoms with Crippen LogP contribution in [-0.4, -0.2) is 41.0 Å². The summed E-state index contributed by atoms with van der Waals surface area (Å²) in [7, 11) is 0. The number of carbonyl (C=O) groups is 2. The fraction of sp³-hybridized carbons (Fsp3) is 0.474. The lowest BCUT2D eigenvalue weighted by Gasteiger charge is -2.35. The van der Waals surface area contributed by atoms with Crippen LogP contribution in [0.3, 0.4) is 0 Å². The Morgan fingerprint density at radius 2 is 2.12 bits per heavy atom. The first kappa shape index (κ1) is 16.6. The minimum Gasteiger partial charge on any atom is -0.455 e. The zero-order valence-electron chi connectivity index (χ0n) is 14.1. The summed E-state index contributed by atoms with van der Waals surface area (Å²) in [4.78, 5) is 29.4. The Balaban J connectivity index is 1.54. The molecule has 2 aromatic rings. The van der Waals surface area contributed by atoms with Crippen LogP contribution in [-0.2, 0) is 20.7 Å². The molecular weight excluding hydrogens is 304 g/mol. The molecule has 1 aliphatic rings. The number of likely N-dealkylation sites (tertiary alicyclic amines) is 1. The SMILES string of the molecule is CC[C@@H]1CCCCN1C(=O)COC(=O)Cc1c[nH]c2ccccc12. The first-order chi connectivity index (χ1) is 11.7. The number of carbonyl (C=O) groups excluding carboxylic acids is 2. The largest absolute Gasteiger partial charge is 0.455 e. The first-order valence-electron chi connectivity index (χ1n) is 8.69.